The van der Waals surface area contributed by atoms with E-state index in [1.807, 2.05) is 29.8 Å². The third-order valence-electron chi connectivity index (χ3n) is 2.37. The second-order valence-corrected chi connectivity index (χ2v) is 4.10. The first-order valence-electron chi connectivity index (χ1n) is 4.38. The molecule has 14 heavy (non-hydrogen) atoms. The van der Waals surface area contributed by atoms with E-state index in [4.69, 9.17) is 0 Å². The van der Waals surface area contributed by atoms with Crippen molar-refractivity contribution in [3.8, 4) is 5.69 Å². The molecule has 70 valence electrons. The molecule has 1 aliphatic heterocycles. The van der Waals surface area contributed by atoms with Crippen molar-refractivity contribution in [3.63, 3.8) is 0 Å². The molecule has 0 aromatic carbocycles. The van der Waals surface area contributed by atoms with Gasteiger partial charge < -0.3 is 9.88 Å². The molecule has 0 atom stereocenters. The van der Waals surface area contributed by atoms with Crippen molar-refractivity contribution in [1.82, 2.24) is 9.88 Å². The lowest BCUT2D eigenvalue weighted by Gasteiger charge is -2.02. The summed E-state index contributed by atoms with van der Waals surface area (Å²) >= 11 is 1.48. The van der Waals surface area contributed by atoms with E-state index < -0.39 is 0 Å². The molecule has 1 aliphatic rings. The number of carbonyl (C=O) groups excluding carboxylic acids is 1. The molecule has 2 aromatic heterocycles. The second kappa shape index (κ2) is 2.72. The molecule has 0 radical (unpaired) electrons. The van der Waals surface area contributed by atoms with E-state index in [2.05, 4.69) is 9.88 Å². The summed E-state index contributed by atoms with van der Waals surface area (Å²) in [5, 5.41) is 4.82. The van der Waals surface area contributed by atoms with Crippen molar-refractivity contribution in [2.45, 2.75) is 6.54 Å². The Morgan fingerprint density at radius 1 is 1.43 bits per heavy atom. The fourth-order valence-corrected chi connectivity index (χ4v) is 2.51. The molecule has 3 nitrogen and oxygen atoms in total. The van der Waals surface area contributed by atoms with Gasteiger partial charge in [-0.3, -0.25) is 4.79 Å². The fourth-order valence-electron chi connectivity index (χ4n) is 1.71. The lowest BCUT2D eigenvalue weighted by atomic mass is 10.4. The standard InChI is InChI=1S/C10H8N2OS/c13-10-9-8(3-5-14-9)12-4-1-2-7(12)6-11-10/h1-5H,6H2,(H,11,13). The molecular formula is C10H8N2OS. The molecule has 3 heterocycles. The summed E-state index contributed by atoms with van der Waals surface area (Å²) in [6.45, 7) is 0.604. The monoisotopic (exact) mass is 204 g/mol. The van der Waals surface area contributed by atoms with Crippen LogP contribution in [-0.2, 0) is 6.54 Å². The highest BCUT2D eigenvalue weighted by Gasteiger charge is 2.19. The van der Waals surface area contributed by atoms with Gasteiger partial charge in [0.15, 0.2) is 0 Å². The minimum Gasteiger partial charge on any atom is -0.346 e. The summed E-state index contributed by atoms with van der Waals surface area (Å²) < 4.78 is 2.06. The molecule has 1 N–H and O–H groups in total. The third-order valence-corrected chi connectivity index (χ3v) is 3.28. The highest BCUT2D eigenvalue weighted by Crippen LogP contribution is 2.25. The number of amides is 1. The Morgan fingerprint density at radius 3 is 3.29 bits per heavy atom. The van der Waals surface area contributed by atoms with Crippen LogP contribution in [-0.4, -0.2) is 10.5 Å². The Bertz CT molecular complexity index is 498. The first-order valence-corrected chi connectivity index (χ1v) is 5.26. The zero-order valence-electron chi connectivity index (χ0n) is 7.36. The van der Waals surface area contributed by atoms with E-state index in [0.717, 1.165) is 16.3 Å². The molecule has 3 rings (SSSR count). The molecule has 0 saturated carbocycles. The average Bonchev–Trinajstić information content (AvgIpc) is 2.80. The Labute approximate surface area is 85.0 Å². The Kier molecular flexibility index (Phi) is 1.52. The first-order chi connectivity index (χ1) is 6.86. The third kappa shape index (κ3) is 0.943. The van der Waals surface area contributed by atoms with Crippen LogP contribution < -0.4 is 5.32 Å². The number of fused-ring (bicyclic) bond motifs is 3. The van der Waals surface area contributed by atoms with E-state index in [-0.39, 0.29) is 5.91 Å². The van der Waals surface area contributed by atoms with Crippen molar-refractivity contribution in [2.75, 3.05) is 0 Å². The minimum absolute atomic E-state index is 0.0266. The normalized spacial score (nSPS) is 14.1. The highest BCUT2D eigenvalue weighted by molar-refractivity contribution is 7.12. The second-order valence-electron chi connectivity index (χ2n) is 3.19. The van der Waals surface area contributed by atoms with Gasteiger partial charge >= 0.3 is 0 Å². The smallest absolute Gasteiger partial charge is 0.263 e. The lowest BCUT2D eigenvalue weighted by Crippen LogP contribution is -2.20. The Balaban J connectivity index is 2.31. The van der Waals surface area contributed by atoms with Gasteiger partial charge in [0.05, 0.1) is 12.2 Å². The number of nitrogens with one attached hydrogen (secondary N) is 1. The van der Waals surface area contributed by atoms with Crippen LogP contribution in [0.4, 0.5) is 0 Å². The van der Waals surface area contributed by atoms with Crippen molar-refractivity contribution >= 4 is 17.2 Å². The quantitative estimate of drug-likeness (QED) is 0.697. The zero-order chi connectivity index (χ0) is 9.54. The lowest BCUT2D eigenvalue weighted by molar-refractivity contribution is 0.0957. The number of carbonyl (C=O) groups is 1. The van der Waals surface area contributed by atoms with Crippen LogP contribution in [0.2, 0.25) is 0 Å². The molecule has 0 saturated heterocycles. The number of hydrogen-bond donors (Lipinski definition) is 1. The molecule has 4 heteroatoms. The van der Waals surface area contributed by atoms with Crippen molar-refractivity contribution in [1.29, 1.82) is 0 Å². The number of aromatic nitrogens is 1. The minimum atomic E-state index is 0.0266. The average molecular weight is 204 g/mol. The van der Waals surface area contributed by atoms with Gasteiger partial charge in [0.25, 0.3) is 5.91 Å². The van der Waals surface area contributed by atoms with E-state index in [1.54, 1.807) is 0 Å². The van der Waals surface area contributed by atoms with Crippen LogP contribution in [0, 0.1) is 0 Å². The van der Waals surface area contributed by atoms with Crippen molar-refractivity contribution < 1.29 is 4.79 Å². The largest absolute Gasteiger partial charge is 0.346 e. The molecular weight excluding hydrogens is 196 g/mol. The molecule has 1 amide bonds. The van der Waals surface area contributed by atoms with E-state index >= 15 is 0 Å². The Morgan fingerprint density at radius 2 is 2.36 bits per heavy atom. The van der Waals surface area contributed by atoms with E-state index in [1.165, 1.54) is 11.3 Å². The summed E-state index contributed by atoms with van der Waals surface area (Å²) in [6, 6.07) is 6.00. The maximum absolute atomic E-state index is 11.6. The van der Waals surface area contributed by atoms with E-state index in [0.29, 0.717) is 6.54 Å². The van der Waals surface area contributed by atoms with Crippen LogP contribution in [0.1, 0.15) is 15.4 Å². The van der Waals surface area contributed by atoms with Crippen LogP contribution in [0.15, 0.2) is 29.8 Å². The van der Waals surface area contributed by atoms with Crippen LogP contribution in [0.25, 0.3) is 5.69 Å². The first kappa shape index (κ1) is 7.82. The number of nitrogens with zero attached hydrogens (tertiary/aromatic N) is 1. The summed E-state index contributed by atoms with van der Waals surface area (Å²) in [4.78, 5) is 12.4. The van der Waals surface area contributed by atoms with Gasteiger partial charge in [-0.2, -0.15) is 0 Å². The van der Waals surface area contributed by atoms with E-state index in [9.17, 15) is 4.79 Å². The molecule has 2 aromatic rings. The number of hydrogen-bond acceptors (Lipinski definition) is 2. The predicted octanol–water partition coefficient (Wildman–Crippen LogP) is 1.78. The number of thiophene rings is 1. The summed E-state index contributed by atoms with van der Waals surface area (Å²) in [5.74, 6) is 0.0266. The van der Waals surface area contributed by atoms with Crippen LogP contribution in [0.5, 0.6) is 0 Å². The number of rotatable bonds is 0. The summed E-state index contributed by atoms with van der Waals surface area (Å²) in [5.41, 5.74) is 2.11. The SMILES string of the molecule is O=C1NCc2cccn2-c2ccsc21. The van der Waals surface area contributed by atoms with Crippen LogP contribution in [0.3, 0.4) is 0 Å². The molecule has 0 spiro atoms. The van der Waals surface area contributed by atoms with Gasteiger partial charge in [-0.15, -0.1) is 11.3 Å². The van der Waals surface area contributed by atoms with Gasteiger partial charge in [0.1, 0.15) is 4.88 Å². The van der Waals surface area contributed by atoms with Crippen molar-refractivity contribution in [2.24, 2.45) is 0 Å². The maximum atomic E-state index is 11.6. The van der Waals surface area contributed by atoms with Gasteiger partial charge in [0, 0.05) is 11.9 Å². The van der Waals surface area contributed by atoms with Crippen LogP contribution >= 0.6 is 11.3 Å². The zero-order valence-corrected chi connectivity index (χ0v) is 8.17. The molecule has 0 bridgehead atoms. The summed E-state index contributed by atoms with van der Waals surface area (Å²) in [6.07, 6.45) is 1.99. The predicted molar refractivity (Wildman–Crippen MR) is 54.8 cm³/mol. The Hall–Kier alpha value is -1.55. The fraction of sp³-hybridized carbons (Fsp3) is 0.100. The van der Waals surface area contributed by atoms with Gasteiger partial charge in [-0.25, -0.2) is 0 Å². The molecule has 0 fully saturated rings. The highest BCUT2D eigenvalue weighted by atomic mass is 32.1. The van der Waals surface area contributed by atoms with Gasteiger partial charge in [-0.1, -0.05) is 0 Å². The topological polar surface area (TPSA) is 34.0 Å². The van der Waals surface area contributed by atoms with Gasteiger partial charge in [-0.05, 0) is 23.6 Å². The van der Waals surface area contributed by atoms with Gasteiger partial charge in [0.2, 0.25) is 0 Å². The maximum Gasteiger partial charge on any atom is 0.263 e. The molecule has 0 aliphatic carbocycles. The van der Waals surface area contributed by atoms with Crippen molar-refractivity contribution in [3.05, 3.63) is 40.3 Å². The summed E-state index contributed by atoms with van der Waals surface area (Å²) in [7, 11) is 0. The molecule has 0 unspecified atom stereocenters.